The maximum Gasteiger partial charge on any atom is 0.319 e. The predicted molar refractivity (Wildman–Crippen MR) is 84.2 cm³/mol. The van der Waals surface area contributed by atoms with E-state index in [2.05, 4.69) is 10.6 Å². The minimum absolute atomic E-state index is 0.0458. The number of urea groups is 1. The molecule has 1 unspecified atom stereocenters. The molecule has 0 bridgehead atoms. The number of hydrogen-bond donors (Lipinski definition) is 3. The van der Waals surface area contributed by atoms with Crippen molar-refractivity contribution in [2.45, 2.75) is 12.5 Å². The summed E-state index contributed by atoms with van der Waals surface area (Å²) in [4.78, 5) is 11.8. The van der Waals surface area contributed by atoms with Crippen LogP contribution in [0.2, 0.25) is 0 Å². The van der Waals surface area contributed by atoms with Gasteiger partial charge in [0, 0.05) is 6.54 Å². The smallest absolute Gasteiger partial charge is 0.319 e. The van der Waals surface area contributed by atoms with Crippen LogP contribution < -0.4 is 10.6 Å². The first kappa shape index (κ1) is 16.5. The van der Waals surface area contributed by atoms with Crippen LogP contribution in [-0.4, -0.2) is 17.7 Å². The first-order valence-electron chi connectivity index (χ1n) is 7.07. The first-order valence-corrected chi connectivity index (χ1v) is 7.07. The number of hydrogen-bond acceptors (Lipinski definition) is 3. The molecular weight excluding hydrogens is 297 g/mol. The Kier molecular flexibility index (Phi) is 5.67. The molecule has 2 amide bonds. The van der Waals surface area contributed by atoms with Gasteiger partial charge in [-0.2, -0.15) is 5.26 Å². The molecule has 0 aliphatic carbocycles. The summed E-state index contributed by atoms with van der Waals surface area (Å²) < 4.78 is 13.0. The monoisotopic (exact) mass is 313 g/mol. The molecule has 0 saturated carbocycles. The standard InChI is InChI=1S/C17H16FN3O2/c18-14-6-7-15(13(10-14)11-19)21-17(23)20-9-8-16(22)12-4-2-1-3-5-12/h1-7,10,16,22H,8-9H2,(H2,20,21,23). The van der Waals surface area contributed by atoms with E-state index in [0.29, 0.717) is 6.42 Å². The molecule has 0 radical (unpaired) electrons. The van der Waals surface area contributed by atoms with E-state index in [4.69, 9.17) is 5.26 Å². The Hall–Kier alpha value is -2.91. The lowest BCUT2D eigenvalue weighted by Gasteiger charge is -2.12. The van der Waals surface area contributed by atoms with Crippen LogP contribution >= 0.6 is 0 Å². The maximum absolute atomic E-state index is 13.0. The molecule has 1 atom stereocenters. The van der Waals surface area contributed by atoms with Crippen molar-refractivity contribution in [2.24, 2.45) is 0 Å². The Morgan fingerprint density at radius 1 is 1.26 bits per heavy atom. The number of benzene rings is 2. The first-order chi connectivity index (χ1) is 11.1. The van der Waals surface area contributed by atoms with Crippen molar-refractivity contribution in [3.05, 3.63) is 65.5 Å². The fraction of sp³-hybridized carbons (Fsp3) is 0.176. The zero-order chi connectivity index (χ0) is 16.7. The lowest BCUT2D eigenvalue weighted by molar-refractivity contribution is 0.167. The lowest BCUT2D eigenvalue weighted by atomic mass is 10.1. The van der Waals surface area contributed by atoms with E-state index in [1.165, 1.54) is 6.07 Å². The van der Waals surface area contributed by atoms with Crippen LogP contribution in [0.15, 0.2) is 48.5 Å². The van der Waals surface area contributed by atoms with Crippen LogP contribution in [0.25, 0.3) is 0 Å². The number of nitrogens with zero attached hydrogens (tertiary/aromatic N) is 1. The molecule has 2 aromatic rings. The van der Waals surface area contributed by atoms with Crippen molar-refractivity contribution in [2.75, 3.05) is 11.9 Å². The average Bonchev–Trinajstić information content (AvgIpc) is 2.57. The Labute approximate surface area is 133 Å². The van der Waals surface area contributed by atoms with Crippen LogP contribution in [-0.2, 0) is 0 Å². The number of amides is 2. The van der Waals surface area contributed by atoms with Crippen LogP contribution in [0.1, 0.15) is 23.7 Å². The number of nitrogens with one attached hydrogen (secondary N) is 2. The van der Waals surface area contributed by atoms with Crippen molar-refractivity contribution in [3.8, 4) is 6.07 Å². The molecular formula is C17H16FN3O2. The highest BCUT2D eigenvalue weighted by atomic mass is 19.1. The summed E-state index contributed by atoms with van der Waals surface area (Å²) in [5, 5.41) is 24.0. The number of carbonyl (C=O) groups is 1. The van der Waals surface area contributed by atoms with E-state index in [1.54, 1.807) is 0 Å². The van der Waals surface area contributed by atoms with Gasteiger partial charge < -0.3 is 15.7 Å². The van der Waals surface area contributed by atoms with Crippen molar-refractivity contribution >= 4 is 11.7 Å². The van der Waals surface area contributed by atoms with Crippen molar-refractivity contribution in [3.63, 3.8) is 0 Å². The van der Waals surface area contributed by atoms with Gasteiger partial charge in [-0.05, 0) is 30.2 Å². The Morgan fingerprint density at radius 3 is 2.70 bits per heavy atom. The van der Waals surface area contributed by atoms with E-state index in [1.807, 2.05) is 36.4 Å². The topological polar surface area (TPSA) is 85.2 Å². The second-order valence-corrected chi connectivity index (χ2v) is 4.90. The minimum Gasteiger partial charge on any atom is -0.388 e. The highest BCUT2D eigenvalue weighted by Crippen LogP contribution is 2.16. The van der Waals surface area contributed by atoms with Gasteiger partial charge in [0.1, 0.15) is 11.9 Å². The van der Waals surface area contributed by atoms with Gasteiger partial charge in [0.05, 0.1) is 17.4 Å². The molecule has 2 aromatic carbocycles. The van der Waals surface area contributed by atoms with Crippen LogP contribution in [0.4, 0.5) is 14.9 Å². The second kappa shape index (κ2) is 7.92. The van der Waals surface area contributed by atoms with Gasteiger partial charge in [-0.1, -0.05) is 30.3 Å². The summed E-state index contributed by atoms with van der Waals surface area (Å²) >= 11 is 0. The van der Waals surface area contributed by atoms with E-state index in [9.17, 15) is 14.3 Å². The summed E-state index contributed by atoms with van der Waals surface area (Å²) in [7, 11) is 0. The third-order valence-electron chi connectivity index (χ3n) is 3.24. The molecule has 0 aromatic heterocycles. The number of halogens is 1. The molecule has 0 aliphatic rings. The maximum atomic E-state index is 13.0. The van der Waals surface area contributed by atoms with Gasteiger partial charge in [-0.15, -0.1) is 0 Å². The molecule has 6 heteroatoms. The molecule has 23 heavy (non-hydrogen) atoms. The average molecular weight is 313 g/mol. The number of aliphatic hydroxyl groups is 1. The van der Waals surface area contributed by atoms with E-state index in [0.717, 1.165) is 17.7 Å². The van der Waals surface area contributed by atoms with E-state index in [-0.39, 0.29) is 17.8 Å². The zero-order valence-electron chi connectivity index (χ0n) is 12.3. The molecule has 0 spiro atoms. The van der Waals surface area contributed by atoms with Gasteiger partial charge in [0.2, 0.25) is 0 Å². The molecule has 0 saturated heterocycles. The lowest BCUT2D eigenvalue weighted by Crippen LogP contribution is -2.30. The summed E-state index contributed by atoms with van der Waals surface area (Å²) in [5.41, 5.74) is 1.06. The van der Waals surface area contributed by atoms with Gasteiger partial charge >= 0.3 is 6.03 Å². The number of rotatable bonds is 5. The SMILES string of the molecule is N#Cc1cc(F)ccc1NC(=O)NCCC(O)c1ccccc1. The van der Waals surface area contributed by atoms with Crippen molar-refractivity contribution < 1.29 is 14.3 Å². The number of nitriles is 1. The highest BCUT2D eigenvalue weighted by molar-refractivity contribution is 5.90. The summed E-state index contributed by atoms with van der Waals surface area (Å²) in [6.45, 7) is 0.255. The van der Waals surface area contributed by atoms with E-state index < -0.39 is 18.0 Å². The third kappa shape index (κ3) is 4.80. The van der Waals surface area contributed by atoms with E-state index >= 15 is 0 Å². The summed E-state index contributed by atoms with van der Waals surface area (Å²) in [5.74, 6) is -0.543. The minimum atomic E-state index is -0.669. The third-order valence-corrected chi connectivity index (χ3v) is 3.24. The Balaban J connectivity index is 1.83. The summed E-state index contributed by atoms with van der Waals surface area (Å²) in [6.07, 6.45) is -0.316. The largest absolute Gasteiger partial charge is 0.388 e. The molecule has 0 heterocycles. The predicted octanol–water partition coefficient (Wildman–Crippen LogP) is 2.94. The molecule has 118 valence electrons. The number of carbonyl (C=O) groups excluding carboxylic acids is 1. The molecule has 2 rings (SSSR count). The van der Waals surface area contributed by atoms with Gasteiger partial charge in [0.25, 0.3) is 0 Å². The molecule has 0 fully saturated rings. The van der Waals surface area contributed by atoms with Crippen LogP contribution in [0.5, 0.6) is 0 Å². The highest BCUT2D eigenvalue weighted by Gasteiger charge is 2.10. The van der Waals surface area contributed by atoms with Crippen molar-refractivity contribution in [1.29, 1.82) is 5.26 Å². The van der Waals surface area contributed by atoms with Crippen LogP contribution in [0, 0.1) is 17.1 Å². The Bertz CT molecular complexity index is 714. The van der Waals surface area contributed by atoms with Crippen LogP contribution in [0.3, 0.4) is 0 Å². The molecule has 5 nitrogen and oxygen atoms in total. The second-order valence-electron chi connectivity index (χ2n) is 4.90. The fourth-order valence-electron chi connectivity index (χ4n) is 2.05. The Morgan fingerprint density at radius 2 is 2.00 bits per heavy atom. The quantitative estimate of drug-likeness (QED) is 0.793. The van der Waals surface area contributed by atoms with Crippen molar-refractivity contribution in [1.82, 2.24) is 5.32 Å². The number of anilines is 1. The van der Waals surface area contributed by atoms with Gasteiger partial charge in [0.15, 0.2) is 0 Å². The molecule has 0 aliphatic heterocycles. The fourth-order valence-corrected chi connectivity index (χ4v) is 2.05. The normalized spacial score (nSPS) is 11.3. The number of aliphatic hydroxyl groups excluding tert-OH is 1. The van der Waals surface area contributed by atoms with Gasteiger partial charge in [-0.25, -0.2) is 9.18 Å². The summed E-state index contributed by atoms with van der Waals surface area (Å²) in [6, 6.07) is 14.0. The zero-order valence-corrected chi connectivity index (χ0v) is 12.3. The molecule has 3 N–H and O–H groups in total. The van der Waals surface area contributed by atoms with Gasteiger partial charge in [-0.3, -0.25) is 0 Å².